The lowest BCUT2D eigenvalue weighted by molar-refractivity contribution is -0.0481. The first kappa shape index (κ1) is 14.4. The minimum Gasteiger partial charge on any atom is -0.394 e. The molecule has 0 amide bonds. The molecule has 108 valence electrons. The summed E-state index contributed by atoms with van der Waals surface area (Å²) < 4.78 is 6.29. The number of aromatic amines is 1. The van der Waals surface area contributed by atoms with Crippen LogP contribution in [0.4, 0.5) is 0 Å². The van der Waals surface area contributed by atoms with Crippen molar-refractivity contribution in [3.05, 3.63) is 27.3 Å². The smallest absolute Gasteiger partial charge is 0.350 e. The van der Waals surface area contributed by atoms with Gasteiger partial charge in [0.1, 0.15) is 18.5 Å². The summed E-state index contributed by atoms with van der Waals surface area (Å²) >= 11 is 0. The molecule has 2 heterocycles. The van der Waals surface area contributed by atoms with E-state index in [1.807, 2.05) is 4.98 Å². The van der Waals surface area contributed by atoms with Crippen molar-refractivity contribution in [2.75, 3.05) is 6.61 Å². The van der Waals surface area contributed by atoms with Crippen LogP contribution in [0.2, 0.25) is 0 Å². The number of aliphatic hydroxyl groups excluding tert-OH is 2. The van der Waals surface area contributed by atoms with Crippen molar-refractivity contribution in [3.8, 4) is 11.8 Å². The maximum Gasteiger partial charge on any atom is 0.350 e. The predicted molar refractivity (Wildman–Crippen MR) is 66.5 cm³/mol. The molecule has 1 unspecified atom stereocenters. The van der Waals surface area contributed by atoms with Crippen molar-refractivity contribution in [1.29, 1.82) is 0 Å². The van der Waals surface area contributed by atoms with Gasteiger partial charge in [0.15, 0.2) is 11.8 Å². The van der Waals surface area contributed by atoms with Crippen LogP contribution in [0, 0.1) is 11.8 Å². The molecule has 0 bridgehead atoms. The van der Waals surface area contributed by atoms with Crippen molar-refractivity contribution in [2.24, 2.45) is 5.73 Å². The van der Waals surface area contributed by atoms with E-state index < -0.39 is 42.0 Å². The van der Waals surface area contributed by atoms with Gasteiger partial charge in [-0.2, -0.15) is 4.98 Å². The van der Waals surface area contributed by atoms with Crippen LogP contribution in [0.1, 0.15) is 13.2 Å². The van der Waals surface area contributed by atoms with Crippen LogP contribution < -0.4 is 17.1 Å². The number of rotatable bonds is 2. The Kier molecular flexibility index (Phi) is 3.74. The van der Waals surface area contributed by atoms with Gasteiger partial charge in [0.25, 0.3) is 0 Å². The van der Waals surface area contributed by atoms with E-state index in [1.54, 1.807) is 0 Å². The monoisotopic (exact) mass is 282 g/mol. The summed E-state index contributed by atoms with van der Waals surface area (Å²) in [6, 6.07) is 0. The number of H-pyrrole nitrogens is 1. The molecular weight excluding hydrogens is 268 g/mol. The average molecular weight is 282 g/mol. The third-order valence-corrected chi connectivity index (χ3v) is 3.08. The Hall–Kier alpha value is -1.99. The third-order valence-electron chi connectivity index (χ3n) is 3.08. The van der Waals surface area contributed by atoms with Gasteiger partial charge in [0.05, 0.1) is 6.61 Å². The van der Waals surface area contributed by atoms with E-state index in [4.69, 9.17) is 15.6 Å². The molecule has 2 rings (SSSR count). The molecule has 0 aliphatic carbocycles. The Balaban J connectivity index is 2.55. The first-order valence-electron chi connectivity index (χ1n) is 5.78. The molecule has 5 N–H and O–H groups in total. The van der Waals surface area contributed by atoms with Crippen molar-refractivity contribution in [1.82, 2.24) is 14.5 Å². The predicted octanol–water partition coefficient (Wildman–Crippen LogP) is -3.10. The highest BCUT2D eigenvalue weighted by Crippen LogP contribution is 2.35. The number of aliphatic hydroxyl groups is 2. The van der Waals surface area contributed by atoms with Crippen LogP contribution in [0.25, 0.3) is 0 Å². The van der Waals surface area contributed by atoms with Gasteiger partial charge < -0.3 is 20.7 Å². The van der Waals surface area contributed by atoms with Crippen molar-refractivity contribution < 1.29 is 14.9 Å². The maximum absolute atomic E-state index is 11.8. The van der Waals surface area contributed by atoms with Gasteiger partial charge in [-0.05, 0) is 6.92 Å². The van der Waals surface area contributed by atoms with Crippen molar-refractivity contribution in [2.45, 2.75) is 30.9 Å². The Morgan fingerprint density at radius 2 is 2.35 bits per heavy atom. The minimum absolute atomic E-state index is 0.493. The molecule has 9 heteroatoms. The number of nitrogens with one attached hydrogen (secondary N) is 1. The molecule has 4 atom stereocenters. The fourth-order valence-corrected chi connectivity index (χ4v) is 2.12. The van der Waals surface area contributed by atoms with Gasteiger partial charge >= 0.3 is 11.4 Å². The summed E-state index contributed by atoms with van der Waals surface area (Å²) in [5.74, 6) is 5.14. The van der Waals surface area contributed by atoms with Gasteiger partial charge in [0.2, 0.25) is 0 Å². The number of hydrogen-bond donors (Lipinski definition) is 4. The molecule has 1 aromatic rings. The Bertz CT molecular complexity index is 672. The zero-order valence-corrected chi connectivity index (χ0v) is 10.6. The fourth-order valence-electron chi connectivity index (χ4n) is 2.12. The van der Waals surface area contributed by atoms with Crippen LogP contribution in [0.15, 0.2) is 15.9 Å². The SMILES string of the molecule is CC#C[C@@]1(N)C(O)[C@@H](CO)O[C@H]1n1cnc(=O)[nH]c1=O. The standard InChI is InChI=1S/C11H14N4O5/c1-2-3-11(12)7(17)6(4-16)20-8(11)15-5-13-9(18)14-10(15)19/h5-8,16-17H,4,12H2,1H3,(H,14,18,19)/t6-,7?,8-,11-/m1/s1. The fraction of sp³-hybridized carbons (Fsp3) is 0.545. The number of hydrogen-bond acceptors (Lipinski definition) is 7. The van der Waals surface area contributed by atoms with E-state index in [0.717, 1.165) is 10.9 Å². The van der Waals surface area contributed by atoms with Gasteiger partial charge in [-0.25, -0.2) is 9.59 Å². The van der Waals surface area contributed by atoms with Crippen molar-refractivity contribution >= 4 is 0 Å². The highest BCUT2D eigenvalue weighted by Gasteiger charge is 2.54. The lowest BCUT2D eigenvalue weighted by Gasteiger charge is -2.27. The average Bonchev–Trinajstić information content (AvgIpc) is 2.63. The normalized spacial score (nSPS) is 32.7. The van der Waals surface area contributed by atoms with Crippen LogP contribution in [-0.4, -0.2) is 49.1 Å². The van der Waals surface area contributed by atoms with Gasteiger partial charge in [-0.1, -0.05) is 5.92 Å². The van der Waals surface area contributed by atoms with E-state index >= 15 is 0 Å². The van der Waals surface area contributed by atoms with E-state index in [2.05, 4.69) is 16.8 Å². The van der Waals surface area contributed by atoms with Crippen LogP contribution in [0.5, 0.6) is 0 Å². The molecule has 1 aliphatic heterocycles. The number of aromatic nitrogens is 3. The number of nitrogens with two attached hydrogens (primary N) is 1. The lowest BCUT2D eigenvalue weighted by Crippen LogP contribution is -2.55. The Labute approximate surface area is 113 Å². The Morgan fingerprint density at radius 1 is 1.65 bits per heavy atom. The van der Waals surface area contributed by atoms with Crippen LogP contribution in [0.3, 0.4) is 0 Å². The third kappa shape index (κ3) is 2.14. The molecule has 1 aliphatic rings. The molecular formula is C11H14N4O5. The molecule has 0 saturated carbocycles. The van der Waals surface area contributed by atoms with E-state index in [1.165, 1.54) is 6.92 Å². The molecule has 0 radical (unpaired) electrons. The number of nitrogens with zero attached hydrogens (tertiary/aromatic N) is 2. The summed E-state index contributed by atoms with van der Waals surface area (Å²) in [4.78, 5) is 28.1. The van der Waals surface area contributed by atoms with E-state index in [0.29, 0.717) is 0 Å². The Morgan fingerprint density at radius 3 is 2.90 bits per heavy atom. The zero-order chi connectivity index (χ0) is 14.9. The second kappa shape index (κ2) is 5.18. The van der Waals surface area contributed by atoms with E-state index in [-0.39, 0.29) is 0 Å². The topological polar surface area (TPSA) is 143 Å². The first-order chi connectivity index (χ1) is 9.43. The molecule has 9 nitrogen and oxygen atoms in total. The quantitative estimate of drug-likeness (QED) is 0.421. The second-order valence-corrected chi connectivity index (χ2v) is 4.35. The van der Waals surface area contributed by atoms with Gasteiger partial charge in [0, 0.05) is 0 Å². The van der Waals surface area contributed by atoms with Crippen molar-refractivity contribution in [3.63, 3.8) is 0 Å². The number of ether oxygens (including phenoxy) is 1. The zero-order valence-electron chi connectivity index (χ0n) is 10.6. The molecule has 1 aromatic heterocycles. The summed E-state index contributed by atoms with van der Waals surface area (Å²) in [6.07, 6.45) is -2.52. The van der Waals surface area contributed by atoms with Gasteiger partial charge in [-0.3, -0.25) is 9.55 Å². The largest absolute Gasteiger partial charge is 0.394 e. The van der Waals surface area contributed by atoms with Gasteiger partial charge in [-0.15, -0.1) is 5.92 Å². The maximum atomic E-state index is 11.8. The summed E-state index contributed by atoms with van der Waals surface area (Å²) in [7, 11) is 0. The highest BCUT2D eigenvalue weighted by molar-refractivity contribution is 5.24. The molecule has 20 heavy (non-hydrogen) atoms. The molecule has 1 saturated heterocycles. The van der Waals surface area contributed by atoms with Crippen LogP contribution in [-0.2, 0) is 4.74 Å². The second-order valence-electron chi connectivity index (χ2n) is 4.35. The summed E-state index contributed by atoms with van der Waals surface area (Å²) in [5.41, 5.74) is 2.81. The van der Waals surface area contributed by atoms with E-state index in [9.17, 15) is 14.7 Å². The summed E-state index contributed by atoms with van der Waals surface area (Å²) in [6.45, 7) is 1.02. The molecule has 0 spiro atoms. The van der Waals surface area contributed by atoms with Crippen LogP contribution >= 0.6 is 0 Å². The summed E-state index contributed by atoms with van der Waals surface area (Å²) in [5, 5.41) is 19.3. The first-order valence-corrected chi connectivity index (χ1v) is 5.78. The minimum atomic E-state index is -1.61. The molecule has 0 aromatic carbocycles. The lowest BCUT2D eigenvalue weighted by atomic mass is 9.91. The highest BCUT2D eigenvalue weighted by atomic mass is 16.5. The molecule has 1 fully saturated rings.